The molecule has 3 nitrogen and oxygen atoms in total. The van der Waals surface area contributed by atoms with E-state index >= 15 is 0 Å². The number of hydrogen-bond acceptors (Lipinski definition) is 3. The first-order chi connectivity index (χ1) is 6.69. The van der Waals surface area contributed by atoms with E-state index in [-0.39, 0.29) is 0 Å². The number of aliphatic carboxylic acids is 1. The highest BCUT2D eigenvalue weighted by Gasteiger charge is 2.10. The molecule has 0 radical (unpaired) electrons. The highest BCUT2D eigenvalue weighted by Crippen LogP contribution is 2.22. The van der Waals surface area contributed by atoms with Gasteiger partial charge in [-0.05, 0) is 24.1 Å². The van der Waals surface area contributed by atoms with E-state index in [1.807, 2.05) is 6.92 Å². The molecule has 1 aromatic carbocycles. The molecule has 0 saturated carbocycles. The molecule has 1 rings (SSSR count). The van der Waals surface area contributed by atoms with Crippen LogP contribution in [0.25, 0.3) is 0 Å². The number of methoxy groups -OCH3 is 1. The van der Waals surface area contributed by atoms with Gasteiger partial charge in [-0.3, -0.25) is 0 Å². The van der Waals surface area contributed by atoms with Crippen LogP contribution in [0.2, 0.25) is 0 Å². The molecular formula is C11H13O3-. The zero-order chi connectivity index (χ0) is 10.6. The molecule has 0 heterocycles. The Morgan fingerprint density at radius 2 is 2.29 bits per heavy atom. The quantitative estimate of drug-likeness (QED) is 0.715. The van der Waals surface area contributed by atoms with Crippen molar-refractivity contribution in [2.45, 2.75) is 19.3 Å². The zero-order valence-corrected chi connectivity index (χ0v) is 8.32. The smallest absolute Gasteiger partial charge is 0.119 e. The number of ether oxygens (including phenoxy) is 1. The van der Waals surface area contributed by atoms with E-state index in [1.54, 1.807) is 31.4 Å². The molecule has 1 unspecified atom stereocenters. The molecule has 3 heteroatoms. The standard InChI is InChI=1S/C11H14O3/c1-3-10(11(12)13)8-5-4-6-9(7-8)14-2/h4-7,10H,3H2,1-2H3,(H,12,13)/p-1. The fourth-order valence-corrected chi connectivity index (χ4v) is 1.40. The Morgan fingerprint density at radius 3 is 2.79 bits per heavy atom. The summed E-state index contributed by atoms with van der Waals surface area (Å²) in [4.78, 5) is 10.8. The van der Waals surface area contributed by atoms with Crippen molar-refractivity contribution in [2.75, 3.05) is 7.11 Å². The van der Waals surface area contributed by atoms with Crippen molar-refractivity contribution in [2.24, 2.45) is 0 Å². The van der Waals surface area contributed by atoms with Crippen LogP contribution in [0.15, 0.2) is 24.3 Å². The Morgan fingerprint density at radius 1 is 1.57 bits per heavy atom. The number of carbonyl (C=O) groups is 1. The molecule has 1 aromatic rings. The summed E-state index contributed by atoms with van der Waals surface area (Å²) < 4.78 is 5.02. The van der Waals surface area contributed by atoms with Gasteiger partial charge in [0, 0.05) is 11.9 Å². The lowest BCUT2D eigenvalue weighted by atomic mass is 9.97. The van der Waals surface area contributed by atoms with E-state index in [9.17, 15) is 9.90 Å². The molecule has 0 spiro atoms. The minimum Gasteiger partial charge on any atom is -0.549 e. The number of hydrogen-bond donors (Lipinski definition) is 0. The Hall–Kier alpha value is -1.51. The molecule has 0 aliphatic rings. The van der Waals surface area contributed by atoms with Crippen molar-refractivity contribution >= 4 is 5.97 Å². The monoisotopic (exact) mass is 193 g/mol. The van der Waals surface area contributed by atoms with Crippen LogP contribution < -0.4 is 9.84 Å². The van der Waals surface area contributed by atoms with E-state index in [2.05, 4.69) is 0 Å². The SMILES string of the molecule is CCC(C(=O)[O-])c1cccc(OC)c1. The lowest BCUT2D eigenvalue weighted by Crippen LogP contribution is -2.29. The lowest BCUT2D eigenvalue weighted by Gasteiger charge is -2.16. The second kappa shape index (κ2) is 4.65. The first-order valence-corrected chi connectivity index (χ1v) is 4.53. The van der Waals surface area contributed by atoms with E-state index in [0.717, 1.165) is 5.56 Å². The van der Waals surface area contributed by atoms with Crippen LogP contribution in [0.5, 0.6) is 5.75 Å². The van der Waals surface area contributed by atoms with E-state index in [1.165, 1.54) is 0 Å². The molecule has 0 aliphatic carbocycles. The number of benzene rings is 1. The summed E-state index contributed by atoms with van der Waals surface area (Å²) in [6.07, 6.45) is 0.523. The van der Waals surface area contributed by atoms with Gasteiger partial charge in [-0.1, -0.05) is 19.1 Å². The lowest BCUT2D eigenvalue weighted by molar-refractivity contribution is -0.308. The second-order valence-electron chi connectivity index (χ2n) is 3.06. The Bertz CT molecular complexity index is 320. The summed E-state index contributed by atoms with van der Waals surface area (Å²) in [6.45, 7) is 1.82. The van der Waals surface area contributed by atoms with Crippen LogP contribution in [-0.4, -0.2) is 13.1 Å². The second-order valence-corrected chi connectivity index (χ2v) is 3.06. The highest BCUT2D eigenvalue weighted by molar-refractivity contribution is 5.74. The van der Waals surface area contributed by atoms with Gasteiger partial charge in [-0.25, -0.2) is 0 Å². The first-order valence-electron chi connectivity index (χ1n) is 4.53. The third kappa shape index (κ3) is 2.25. The molecule has 0 aromatic heterocycles. The molecule has 1 atom stereocenters. The minimum absolute atomic E-state index is 0.523. The maximum Gasteiger partial charge on any atom is 0.119 e. The third-order valence-electron chi connectivity index (χ3n) is 2.19. The summed E-state index contributed by atoms with van der Waals surface area (Å²) >= 11 is 0. The fraction of sp³-hybridized carbons (Fsp3) is 0.364. The van der Waals surface area contributed by atoms with Gasteiger partial charge in [0.1, 0.15) is 5.75 Å². The number of rotatable bonds is 4. The highest BCUT2D eigenvalue weighted by atomic mass is 16.5. The average Bonchev–Trinajstić information content (AvgIpc) is 2.19. The van der Waals surface area contributed by atoms with Gasteiger partial charge in [-0.15, -0.1) is 0 Å². The van der Waals surface area contributed by atoms with Crippen LogP contribution in [-0.2, 0) is 4.79 Å². The maximum absolute atomic E-state index is 10.8. The van der Waals surface area contributed by atoms with Crippen molar-refractivity contribution in [3.63, 3.8) is 0 Å². The van der Waals surface area contributed by atoms with Gasteiger partial charge >= 0.3 is 0 Å². The van der Waals surface area contributed by atoms with E-state index in [4.69, 9.17) is 4.74 Å². The topological polar surface area (TPSA) is 49.4 Å². The molecule has 0 saturated heterocycles. The maximum atomic E-state index is 10.8. The van der Waals surface area contributed by atoms with Gasteiger partial charge in [0.15, 0.2) is 0 Å². The van der Waals surface area contributed by atoms with Crippen molar-refractivity contribution in [1.82, 2.24) is 0 Å². The van der Waals surface area contributed by atoms with Gasteiger partial charge in [0.25, 0.3) is 0 Å². The summed E-state index contributed by atoms with van der Waals surface area (Å²) in [5.41, 5.74) is 0.729. The molecule has 0 amide bonds. The van der Waals surface area contributed by atoms with E-state index < -0.39 is 11.9 Å². The fourth-order valence-electron chi connectivity index (χ4n) is 1.40. The van der Waals surface area contributed by atoms with Gasteiger partial charge in [-0.2, -0.15) is 0 Å². The number of carboxylic acids is 1. The van der Waals surface area contributed by atoms with Crippen molar-refractivity contribution in [3.8, 4) is 5.75 Å². The summed E-state index contributed by atoms with van der Waals surface area (Å²) in [7, 11) is 1.55. The molecular weight excluding hydrogens is 180 g/mol. The van der Waals surface area contributed by atoms with Crippen LogP contribution in [0.4, 0.5) is 0 Å². The first kappa shape index (κ1) is 10.6. The van der Waals surface area contributed by atoms with Crippen molar-refractivity contribution in [3.05, 3.63) is 29.8 Å². The van der Waals surface area contributed by atoms with Crippen LogP contribution >= 0.6 is 0 Å². The molecule has 0 bridgehead atoms. The minimum atomic E-state index is -1.04. The predicted molar refractivity (Wildman–Crippen MR) is 51.0 cm³/mol. The predicted octanol–water partition coefficient (Wildman–Crippen LogP) is 0.939. The summed E-state index contributed by atoms with van der Waals surface area (Å²) in [6, 6.07) is 7.06. The Balaban J connectivity index is 2.98. The molecule has 14 heavy (non-hydrogen) atoms. The molecule has 0 N–H and O–H groups in total. The van der Waals surface area contributed by atoms with Gasteiger partial charge < -0.3 is 14.6 Å². The molecule has 76 valence electrons. The average molecular weight is 193 g/mol. The van der Waals surface area contributed by atoms with Crippen LogP contribution in [0.3, 0.4) is 0 Å². The normalized spacial score (nSPS) is 12.1. The number of carboxylic acid groups (broad SMARTS) is 1. The van der Waals surface area contributed by atoms with Crippen LogP contribution in [0.1, 0.15) is 24.8 Å². The van der Waals surface area contributed by atoms with Crippen LogP contribution in [0, 0.1) is 0 Å². The summed E-state index contributed by atoms with van der Waals surface area (Å²) in [5.74, 6) is -0.923. The largest absolute Gasteiger partial charge is 0.549 e. The van der Waals surface area contributed by atoms with Crippen molar-refractivity contribution < 1.29 is 14.6 Å². The molecule has 0 fully saturated rings. The Labute approximate surface area is 83.3 Å². The van der Waals surface area contributed by atoms with E-state index in [0.29, 0.717) is 12.2 Å². The Kier molecular flexibility index (Phi) is 3.51. The van der Waals surface area contributed by atoms with Gasteiger partial charge in [0.05, 0.1) is 7.11 Å². The van der Waals surface area contributed by atoms with Gasteiger partial charge in [0.2, 0.25) is 0 Å². The van der Waals surface area contributed by atoms with Crippen molar-refractivity contribution in [1.29, 1.82) is 0 Å². The summed E-state index contributed by atoms with van der Waals surface area (Å²) in [5, 5.41) is 10.8. The zero-order valence-electron chi connectivity index (χ0n) is 8.32. The number of carbonyl (C=O) groups excluding carboxylic acids is 1. The third-order valence-corrected chi connectivity index (χ3v) is 2.19. The molecule has 0 aliphatic heterocycles.